The normalized spacial score (nSPS) is 9.22. The summed E-state index contributed by atoms with van der Waals surface area (Å²) < 4.78 is 14.1. The second-order valence-electron chi connectivity index (χ2n) is 7.45. The molecule has 0 fully saturated rings. The van der Waals surface area contributed by atoms with E-state index in [2.05, 4.69) is 28.2 Å². The van der Waals surface area contributed by atoms with Crippen LogP contribution in [-0.2, 0) is 28.6 Å². The summed E-state index contributed by atoms with van der Waals surface area (Å²) in [5.74, 6) is -0.953. The molecule has 2 aromatic carbocycles. The van der Waals surface area contributed by atoms with E-state index in [1.807, 2.05) is 48.9 Å². The van der Waals surface area contributed by atoms with E-state index in [0.717, 1.165) is 9.79 Å². The van der Waals surface area contributed by atoms with Crippen LogP contribution in [0.5, 0.6) is 0 Å². The van der Waals surface area contributed by atoms with E-state index < -0.39 is 18.0 Å². The van der Waals surface area contributed by atoms with Crippen LogP contribution in [0.4, 0.5) is 16.2 Å². The Kier molecular flexibility index (Phi) is 19.9. The average Bonchev–Trinajstić information content (AvgIpc) is 2.94. The molecule has 216 valence electrons. The Labute approximate surface area is 242 Å². The van der Waals surface area contributed by atoms with E-state index in [1.54, 1.807) is 49.5 Å². The van der Waals surface area contributed by atoms with Crippen LogP contribution in [0.15, 0.2) is 87.6 Å². The van der Waals surface area contributed by atoms with Crippen molar-refractivity contribution in [2.45, 2.75) is 23.6 Å². The maximum absolute atomic E-state index is 11.5. The molecule has 0 atom stereocenters. The third-order valence-corrected chi connectivity index (χ3v) is 5.57. The van der Waals surface area contributed by atoms with Gasteiger partial charge in [0.05, 0.1) is 12.3 Å². The molecule has 0 aromatic heterocycles. The van der Waals surface area contributed by atoms with Gasteiger partial charge in [0.1, 0.15) is 19.8 Å². The largest absolute Gasteiger partial charge is 0.460 e. The van der Waals surface area contributed by atoms with Crippen molar-refractivity contribution in [2.24, 2.45) is 4.99 Å². The second-order valence-corrected chi connectivity index (χ2v) is 9.21. The van der Waals surface area contributed by atoms with Crippen LogP contribution in [0, 0.1) is 0 Å². The van der Waals surface area contributed by atoms with Crippen molar-refractivity contribution >= 4 is 59.0 Å². The molecule has 0 bridgehead atoms. The quantitative estimate of drug-likeness (QED) is 0.0651. The Morgan fingerprint density at radius 1 is 0.875 bits per heavy atom. The number of anilines is 1. The molecule has 2 aromatic rings. The molecule has 0 radical (unpaired) electrons. The molecule has 2 rings (SSSR count). The fraction of sp³-hybridized carbons (Fsp3) is 0.286. The first-order valence-corrected chi connectivity index (χ1v) is 14.1. The molecule has 0 aliphatic carbocycles. The van der Waals surface area contributed by atoms with E-state index in [0.29, 0.717) is 22.5 Å². The van der Waals surface area contributed by atoms with Crippen LogP contribution >= 0.6 is 23.5 Å². The maximum atomic E-state index is 11.5. The van der Waals surface area contributed by atoms with Gasteiger partial charge in [0, 0.05) is 26.6 Å². The molecule has 1 amide bonds. The van der Waals surface area contributed by atoms with Gasteiger partial charge in [-0.15, -0.1) is 23.5 Å². The van der Waals surface area contributed by atoms with Crippen LogP contribution in [0.3, 0.4) is 0 Å². The smallest absolute Gasteiger partial charge is 0.411 e. The summed E-state index contributed by atoms with van der Waals surface area (Å²) in [5, 5.41) is 10.8. The van der Waals surface area contributed by atoms with Crippen molar-refractivity contribution in [2.75, 3.05) is 44.3 Å². The van der Waals surface area contributed by atoms with Gasteiger partial charge >= 0.3 is 18.0 Å². The lowest BCUT2D eigenvalue weighted by molar-refractivity contribution is -0.140. The predicted molar refractivity (Wildman–Crippen MR) is 158 cm³/mol. The lowest BCUT2D eigenvalue weighted by Crippen LogP contribution is -2.18. The zero-order chi connectivity index (χ0) is 30.3. The predicted octanol–water partition coefficient (Wildman–Crippen LogP) is 5.55. The average molecular weight is 591 g/mol. The monoisotopic (exact) mass is 590 g/mol. The summed E-state index contributed by atoms with van der Waals surface area (Å²) in [6, 6.07) is 14.8. The van der Waals surface area contributed by atoms with Crippen LogP contribution in [-0.4, -0.2) is 68.2 Å². The first-order valence-electron chi connectivity index (χ1n) is 11.6. The van der Waals surface area contributed by atoms with Crippen molar-refractivity contribution in [3.05, 3.63) is 72.8 Å². The van der Waals surface area contributed by atoms with Gasteiger partial charge in [0.25, 0.3) is 0 Å². The number of thioether (sulfide) groups is 2. The van der Waals surface area contributed by atoms with Gasteiger partial charge < -0.3 is 19.3 Å². The van der Waals surface area contributed by atoms with Crippen LogP contribution in [0.2, 0.25) is 0 Å². The number of aliphatic hydroxyl groups excluding tert-OH is 1. The summed E-state index contributed by atoms with van der Waals surface area (Å²) in [6.07, 6.45) is 4.84. The van der Waals surface area contributed by atoms with Crippen LogP contribution < -0.4 is 5.32 Å². The molecular formula is C28H34N2O8S2. The van der Waals surface area contributed by atoms with E-state index in [4.69, 9.17) is 14.6 Å². The van der Waals surface area contributed by atoms with Crippen molar-refractivity contribution < 1.29 is 38.5 Å². The van der Waals surface area contributed by atoms with Crippen molar-refractivity contribution in [3.63, 3.8) is 0 Å². The Balaban J connectivity index is 0.000000639. The standard InChI is InChI=1S/C14H17NO4S.C8H7NOS.C6H10O3/c1-10(2)13(16)18-7-8-19-14(17)15-11-5-4-6-12(9-11)20-3;1-11-8-4-2-3-7(5-8)9-6-10;1-5(2)6(8)9-4-3-7/h4-6,9H,1,7-8H2,2-3H3,(H,15,17);2-5H,1H3;7H,1,3-4H2,2H3. The molecule has 2 N–H and O–H groups in total. The number of rotatable bonds is 11. The van der Waals surface area contributed by atoms with Crippen molar-refractivity contribution in [1.29, 1.82) is 0 Å². The molecule has 0 aliphatic rings. The summed E-state index contributed by atoms with van der Waals surface area (Å²) in [5.41, 5.74) is 1.97. The topological polar surface area (TPSA) is 141 Å². The molecule has 12 heteroatoms. The summed E-state index contributed by atoms with van der Waals surface area (Å²) in [6.45, 7) is 9.81. The SMILES string of the molecule is C=C(C)C(=O)OCCO.C=C(C)C(=O)OCCOC(=O)Nc1cccc(SC)c1.CSc1cccc(N=C=O)c1. The Bertz CT molecular complexity index is 1180. The third kappa shape index (κ3) is 17.6. The molecule has 40 heavy (non-hydrogen) atoms. The Morgan fingerprint density at radius 2 is 1.40 bits per heavy atom. The van der Waals surface area contributed by atoms with Crippen LogP contribution in [0.25, 0.3) is 0 Å². The van der Waals surface area contributed by atoms with Gasteiger partial charge in [0.15, 0.2) is 0 Å². The lowest BCUT2D eigenvalue weighted by atomic mass is 10.3. The zero-order valence-electron chi connectivity index (χ0n) is 22.9. The van der Waals surface area contributed by atoms with E-state index in [-0.39, 0.29) is 26.4 Å². The van der Waals surface area contributed by atoms with E-state index in [1.165, 1.54) is 6.08 Å². The number of hydrogen-bond donors (Lipinski definition) is 2. The molecular weight excluding hydrogens is 556 g/mol. The third-order valence-electron chi connectivity index (χ3n) is 4.12. The minimum atomic E-state index is -0.588. The number of carbonyl (C=O) groups is 3. The lowest BCUT2D eigenvalue weighted by Gasteiger charge is -2.08. The number of ether oxygens (including phenoxy) is 3. The maximum Gasteiger partial charge on any atom is 0.411 e. The minimum absolute atomic E-state index is 0.00393. The molecule has 0 aliphatic heterocycles. The number of hydrogen-bond acceptors (Lipinski definition) is 11. The Morgan fingerprint density at radius 3 is 1.93 bits per heavy atom. The molecule has 0 heterocycles. The van der Waals surface area contributed by atoms with Crippen LogP contribution in [0.1, 0.15) is 13.8 Å². The fourth-order valence-corrected chi connectivity index (χ4v) is 3.15. The number of aliphatic imine (C=N–C) groups is 1. The van der Waals surface area contributed by atoms with Gasteiger partial charge in [-0.05, 0) is 62.8 Å². The first-order chi connectivity index (χ1) is 19.1. The molecule has 0 saturated heterocycles. The van der Waals surface area contributed by atoms with Gasteiger partial charge in [-0.2, -0.15) is 4.99 Å². The highest BCUT2D eigenvalue weighted by molar-refractivity contribution is 7.98. The number of nitrogens with zero attached hydrogens (tertiary/aromatic N) is 1. The number of amides is 1. The number of aliphatic hydroxyl groups is 1. The van der Waals surface area contributed by atoms with E-state index >= 15 is 0 Å². The summed E-state index contributed by atoms with van der Waals surface area (Å²) in [4.78, 5) is 48.5. The molecule has 0 saturated carbocycles. The van der Waals surface area contributed by atoms with Gasteiger partial charge in [-0.25, -0.2) is 19.2 Å². The number of benzene rings is 2. The number of isocyanates is 1. The van der Waals surface area contributed by atoms with E-state index in [9.17, 15) is 19.2 Å². The van der Waals surface area contributed by atoms with Gasteiger partial charge in [-0.1, -0.05) is 25.3 Å². The summed E-state index contributed by atoms with van der Waals surface area (Å²) >= 11 is 3.20. The first kappa shape index (κ1) is 36.2. The summed E-state index contributed by atoms with van der Waals surface area (Å²) in [7, 11) is 0. The Hall–Kier alpha value is -3.83. The zero-order valence-corrected chi connectivity index (χ0v) is 24.6. The van der Waals surface area contributed by atoms with Crippen molar-refractivity contribution in [3.8, 4) is 0 Å². The minimum Gasteiger partial charge on any atom is -0.460 e. The highest BCUT2D eigenvalue weighted by Crippen LogP contribution is 2.20. The second kappa shape index (κ2) is 22.0. The number of carbonyl (C=O) groups excluding carboxylic acids is 4. The fourth-order valence-electron chi connectivity index (χ4n) is 2.24. The number of nitrogens with one attached hydrogen (secondary N) is 1. The molecule has 0 spiro atoms. The van der Waals surface area contributed by atoms with Gasteiger partial charge in [0.2, 0.25) is 6.08 Å². The molecule has 0 unspecified atom stereocenters. The highest BCUT2D eigenvalue weighted by atomic mass is 32.2. The number of esters is 2. The molecule has 10 nitrogen and oxygen atoms in total. The highest BCUT2D eigenvalue weighted by Gasteiger charge is 2.06. The van der Waals surface area contributed by atoms with Gasteiger partial charge in [-0.3, -0.25) is 5.32 Å². The van der Waals surface area contributed by atoms with Crippen molar-refractivity contribution in [1.82, 2.24) is 0 Å².